The molecule has 5 heteroatoms. The number of hydrogen-bond donors (Lipinski definition) is 0. The Bertz CT molecular complexity index is 737. The molecule has 0 aliphatic rings. The summed E-state index contributed by atoms with van der Waals surface area (Å²) >= 11 is 0. The molecular formula is C16H16O5. The van der Waals surface area contributed by atoms with E-state index in [1.54, 1.807) is 28.4 Å². The Morgan fingerprint density at radius 2 is 0.905 bits per heavy atom. The summed E-state index contributed by atoms with van der Waals surface area (Å²) in [5, 5.41) is 1.87. The van der Waals surface area contributed by atoms with Crippen molar-refractivity contribution in [2.24, 2.45) is 0 Å². The Morgan fingerprint density at radius 1 is 0.571 bits per heavy atom. The Labute approximate surface area is 122 Å². The van der Waals surface area contributed by atoms with Crippen molar-refractivity contribution in [2.45, 2.75) is 0 Å². The predicted octanol–water partition coefficient (Wildman–Crippen LogP) is 3.62. The van der Waals surface area contributed by atoms with Gasteiger partial charge in [0.2, 0.25) is 0 Å². The summed E-state index contributed by atoms with van der Waals surface area (Å²) < 4.78 is 27.1. The minimum absolute atomic E-state index is 0.628. The molecule has 21 heavy (non-hydrogen) atoms. The average Bonchev–Trinajstić information content (AvgIpc) is 2.88. The zero-order valence-corrected chi connectivity index (χ0v) is 12.4. The van der Waals surface area contributed by atoms with E-state index in [1.807, 2.05) is 24.3 Å². The van der Waals surface area contributed by atoms with E-state index in [1.165, 1.54) is 0 Å². The molecule has 0 saturated carbocycles. The minimum Gasteiger partial charge on any atom is -0.493 e. The molecular weight excluding hydrogens is 272 g/mol. The highest BCUT2D eigenvalue weighted by atomic mass is 16.5. The first kappa shape index (κ1) is 13.4. The maximum absolute atomic E-state index is 5.87. The van der Waals surface area contributed by atoms with Gasteiger partial charge in [-0.05, 0) is 12.1 Å². The Hall–Kier alpha value is -2.56. The van der Waals surface area contributed by atoms with Gasteiger partial charge < -0.3 is 23.4 Å². The maximum Gasteiger partial charge on any atom is 0.164 e. The van der Waals surface area contributed by atoms with Crippen LogP contribution in [0.25, 0.3) is 21.9 Å². The van der Waals surface area contributed by atoms with Crippen molar-refractivity contribution >= 4 is 21.9 Å². The first-order chi connectivity index (χ1) is 10.2. The van der Waals surface area contributed by atoms with E-state index in [4.69, 9.17) is 23.4 Å². The molecule has 0 amide bonds. The van der Waals surface area contributed by atoms with Gasteiger partial charge in [-0.25, -0.2) is 0 Å². The summed E-state index contributed by atoms with van der Waals surface area (Å²) in [6.45, 7) is 0. The molecule has 110 valence electrons. The van der Waals surface area contributed by atoms with Crippen LogP contribution in [0.2, 0.25) is 0 Å². The van der Waals surface area contributed by atoms with Crippen LogP contribution in [0.1, 0.15) is 0 Å². The summed E-state index contributed by atoms with van der Waals surface area (Å²) in [5.41, 5.74) is 1.44. The standard InChI is InChI=1S/C16H16O5/c1-17-13-5-9-10-6-14(18-2)16(20-4)8-12(10)21-11(9)7-15(13)19-3/h5-8H,1-4H3. The number of hydrogen-bond acceptors (Lipinski definition) is 5. The van der Waals surface area contributed by atoms with E-state index in [2.05, 4.69) is 0 Å². The molecule has 0 saturated heterocycles. The number of benzene rings is 2. The minimum atomic E-state index is 0.628. The summed E-state index contributed by atoms with van der Waals surface area (Å²) in [7, 11) is 6.40. The molecule has 3 aromatic rings. The first-order valence-corrected chi connectivity index (χ1v) is 6.42. The first-order valence-electron chi connectivity index (χ1n) is 6.42. The number of furan rings is 1. The van der Waals surface area contributed by atoms with Crippen LogP contribution in [0.15, 0.2) is 28.7 Å². The second kappa shape index (κ2) is 5.09. The molecule has 1 aromatic heterocycles. The molecule has 0 radical (unpaired) electrons. The molecule has 0 bridgehead atoms. The van der Waals surface area contributed by atoms with Gasteiger partial charge in [0.05, 0.1) is 28.4 Å². The van der Waals surface area contributed by atoms with Crippen LogP contribution >= 0.6 is 0 Å². The fraction of sp³-hybridized carbons (Fsp3) is 0.250. The molecule has 2 aromatic carbocycles. The Balaban J connectivity index is 2.35. The van der Waals surface area contributed by atoms with Gasteiger partial charge >= 0.3 is 0 Å². The highest BCUT2D eigenvalue weighted by Crippen LogP contribution is 2.41. The highest BCUT2D eigenvalue weighted by molar-refractivity contribution is 6.07. The zero-order valence-electron chi connectivity index (χ0n) is 12.4. The Kier molecular flexibility index (Phi) is 3.25. The van der Waals surface area contributed by atoms with E-state index < -0.39 is 0 Å². The third-order valence-electron chi connectivity index (χ3n) is 3.48. The highest BCUT2D eigenvalue weighted by Gasteiger charge is 2.15. The van der Waals surface area contributed by atoms with Gasteiger partial charge in [-0.3, -0.25) is 0 Å². The lowest BCUT2D eigenvalue weighted by molar-refractivity contribution is 0.355. The SMILES string of the molecule is COc1cc2oc3cc(OC)c(OC)cc3c2cc1OC. The van der Waals surface area contributed by atoms with Gasteiger partial charge in [0, 0.05) is 22.9 Å². The van der Waals surface area contributed by atoms with E-state index >= 15 is 0 Å². The second-order valence-electron chi connectivity index (χ2n) is 4.51. The summed E-state index contributed by atoms with van der Waals surface area (Å²) in [5.74, 6) is 2.57. The number of rotatable bonds is 4. The van der Waals surface area contributed by atoms with Gasteiger partial charge in [-0.15, -0.1) is 0 Å². The molecule has 3 rings (SSSR count). The predicted molar refractivity (Wildman–Crippen MR) is 79.9 cm³/mol. The third-order valence-corrected chi connectivity index (χ3v) is 3.48. The van der Waals surface area contributed by atoms with Crippen LogP contribution < -0.4 is 18.9 Å². The lowest BCUT2D eigenvalue weighted by Crippen LogP contribution is -1.90. The number of ether oxygens (including phenoxy) is 4. The van der Waals surface area contributed by atoms with Crippen LogP contribution in [-0.2, 0) is 0 Å². The van der Waals surface area contributed by atoms with Gasteiger partial charge in [-0.1, -0.05) is 0 Å². The molecule has 1 heterocycles. The zero-order chi connectivity index (χ0) is 15.0. The van der Waals surface area contributed by atoms with E-state index in [0.29, 0.717) is 23.0 Å². The third kappa shape index (κ3) is 2.01. The average molecular weight is 288 g/mol. The van der Waals surface area contributed by atoms with Crippen LogP contribution in [-0.4, -0.2) is 28.4 Å². The largest absolute Gasteiger partial charge is 0.493 e. The fourth-order valence-electron chi connectivity index (χ4n) is 2.43. The van der Waals surface area contributed by atoms with Crippen molar-refractivity contribution in [3.63, 3.8) is 0 Å². The van der Waals surface area contributed by atoms with Crippen LogP contribution in [0.5, 0.6) is 23.0 Å². The van der Waals surface area contributed by atoms with Crippen LogP contribution in [0.3, 0.4) is 0 Å². The smallest absolute Gasteiger partial charge is 0.164 e. The lowest BCUT2D eigenvalue weighted by atomic mass is 10.1. The van der Waals surface area contributed by atoms with Gasteiger partial charge in [0.1, 0.15) is 11.2 Å². The van der Waals surface area contributed by atoms with Crippen LogP contribution in [0, 0.1) is 0 Å². The lowest BCUT2D eigenvalue weighted by Gasteiger charge is -2.07. The number of methoxy groups -OCH3 is 4. The van der Waals surface area contributed by atoms with Crippen molar-refractivity contribution in [1.82, 2.24) is 0 Å². The molecule has 0 atom stereocenters. The normalized spacial score (nSPS) is 10.9. The molecule has 0 spiro atoms. The van der Waals surface area contributed by atoms with Crippen molar-refractivity contribution in [1.29, 1.82) is 0 Å². The Morgan fingerprint density at radius 3 is 1.24 bits per heavy atom. The van der Waals surface area contributed by atoms with E-state index in [0.717, 1.165) is 21.9 Å². The fourth-order valence-corrected chi connectivity index (χ4v) is 2.43. The second-order valence-corrected chi connectivity index (χ2v) is 4.51. The van der Waals surface area contributed by atoms with Crippen molar-refractivity contribution in [3.05, 3.63) is 24.3 Å². The molecule has 0 aliphatic heterocycles. The van der Waals surface area contributed by atoms with Crippen molar-refractivity contribution in [2.75, 3.05) is 28.4 Å². The number of fused-ring (bicyclic) bond motifs is 3. The van der Waals surface area contributed by atoms with Crippen LogP contribution in [0.4, 0.5) is 0 Å². The topological polar surface area (TPSA) is 50.1 Å². The van der Waals surface area contributed by atoms with Gasteiger partial charge in [-0.2, -0.15) is 0 Å². The molecule has 0 aliphatic carbocycles. The molecule has 0 N–H and O–H groups in total. The summed E-state index contributed by atoms with van der Waals surface area (Å²) in [6, 6.07) is 7.41. The summed E-state index contributed by atoms with van der Waals surface area (Å²) in [4.78, 5) is 0. The van der Waals surface area contributed by atoms with E-state index in [-0.39, 0.29) is 0 Å². The summed E-state index contributed by atoms with van der Waals surface area (Å²) in [6.07, 6.45) is 0. The van der Waals surface area contributed by atoms with Crippen molar-refractivity contribution in [3.8, 4) is 23.0 Å². The van der Waals surface area contributed by atoms with Crippen molar-refractivity contribution < 1.29 is 23.4 Å². The van der Waals surface area contributed by atoms with Gasteiger partial charge in [0.25, 0.3) is 0 Å². The quantitative estimate of drug-likeness (QED) is 0.734. The van der Waals surface area contributed by atoms with Gasteiger partial charge in [0.15, 0.2) is 23.0 Å². The molecule has 0 fully saturated rings. The van der Waals surface area contributed by atoms with E-state index in [9.17, 15) is 0 Å². The maximum atomic E-state index is 5.87. The monoisotopic (exact) mass is 288 g/mol. The molecule has 0 unspecified atom stereocenters. The molecule has 5 nitrogen and oxygen atoms in total.